The first kappa shape index (κ1) is 26.0. The van der Waals surface area contributed by atoms with E-state index in [4.69, 9.17) is 0 Å². The maximum atomic E-state index is 14.0. The standard InChI is InChI=1S/C27H30FN3O3S2/c1-20(21-8-10-23(11-9-21)30-16-3-4-17-30)29-27(32)19-31(24-7-5-6-22(28)18-24)36(33,34)26-14-12-25(35-2)13-15-26/h5-15,18,20H,3-4,16-17,19H2,1-2H3,(H,29,32). The number of rotatable bonds is 9. The van der Waals surface area contributed by atoms with Crippen LogP contribution in [0.2, 0.25) is 0 Å². The summed E-state index contributed by atoms with van der Waals surface area (Å²) >= 11 is 1.49. The van der Waals surface area contributed by atoms with Crippen molar-refractivity contribution in [1.29, 1.82) is 0 Å². The first-order chi connectivity index (χ1) is 17.3. The van der Waals surface area contributed by atoms with Gasteiger partial charge in [0.25, 0.3) is 10.0 Å². The topological polar surface area (TPSA) is 69.7 Å². The summed E-state index contributed by atoms with van der Waals surface area (Å²) in [6.45, 7) is 3.48. The maximum absolute atomic E-state index is 14.0. The number of nitrogens with zero attached hydrogens (tertiary/aromatic N) is 2. The molecule has 1 N–H and O–H groups in total. The Morgan fingerprint density at radius 3 is 2.33 bits per heavy atom. The van der Waals surface area contributed by atoms with E-state index in [9.17, 15) is 17.6 Å². The maximum Gasteiger partial charge on any atom is 0.264 e. The average molecular weight is 528 g/mol. The van der Waals surface area contributed by atoms with E-state index >= 15 is 0 Å². The van der Waals surface area contributed by atoms with E-state index in [1.165, 1.54) is 54.9 Å². The third-order valence-corrected chi connectivity index (χ3v) is 8.80. The molecule has 9 heteroatoms. The summed E-state index contributed by atoms with van der Waals surface area (Å²) in [5.41, 5.74) is 2.16. The number of hydrogen-bond donors (Lipinski definition) is 1. The van der Waals surface area contributed by atoms with Gasteiger partial charge in [0.1, 0.15) is 12.4 Å². The van der Waals surface area contributed by atoms with Crippen molar-refractivity contribution in [2.45, 2.75) is 35.6 Å². The molecule has 1 saturated heterocycles. The molecular weight excluding hydrogens is 497 g/mol. The Morgan fingerprint density at radius 2 is 1.72 bits per heavy atom. The van der Waals surface area contributed by atoms with Crippen LogP contribution in [0.4, 0.5) is 15.8 Å². The van der Waals surface area contributed by atoms with Gasteiger partial charge in [0.2, 0.25) is 5.91 Å². The fraction of sp³-hybridized carbons (Fsp3) is 0.296. The molecule has 0 aromatic heterocycles. The number of hydrogen-bond acceptors (Lipinski definition) is 5. The van der Waals surface area contributed by atoms with Crippen LogP contribution in [-0.2, 0) is 14.8 Å². The molecule has 3 aromatic rings. The molecule has 1 aliphatic heterocycles. The number of halogens is 1. The van der Waals surface area contributed by atoms with Gasteiger partial charge < -0.3 is 10.2 Å². The van der Waals surface area contributed by atoms with Gasteiger partial charge in [-0.1, -0.05) is 18.2 Å². The molecule has 0 saturated carbocycles. The Labute approximate surface area is 216 Å². The number of benzene rings is 3. The Bertz CT molecular complexity index is 1290. The molecular formula is C27H30FN3O3S2. The molecule has 0 aliphatic carbocycles. The number of carbonyl (C=O) groups is 1. The van der Waals surface area contributed by atoms with Gasteiger partial charge in [-0.3, -0.25) is 9.10 Å². The Kier molecular flexibility index (Phi) is 8.21. The van der Waals surface area contributed by atoms with E-state index in [1.807, 2.05) is 37.4 Å². The minimum absolute atomic E-state index is 0.0305. The van der Waals surface area contributed by atoms with E-state index in [-0.39, 0.29) is 16.6 Å². The molecule has 3 aromatic carbocycles. The van der Waals surface area contributed by atoms with Gasteiger partial charge in [0.05, 0.1) is 16.6 Å². The summed E-state index contributed by atoms with van der Waals surface area (Å²) in [4.78, 5) is 16.3. The van der Waals surface area contributed by atoms with E-state index in [0.29, 0.717) is 0 Å². The van der Waals surface area contributed by atoms with Crippen molar-refractivity contribution in [2.24, 2.45) is 0 Å². The lowest BCUT2D eigenvalue weighted by Crippen LogP contribution is -2.41. The van der Waals surface area contributed by atoms with Gasteiger partial charge in [0, 0.05) is 23.7 Å². The van der Waals surface area contributed by atoms with Crippen LogP contribution in [0.15, 0.2) is 82.6 Å². The second-order valence-electron chi connectivity index (χ2n) is 8.74. The fourth-order valence-electron chi connectivity index (χ4n) is 4.27. The van der Waals surface area contributed by atoms with Crippen LogP contribution in [0.25, 0.3) is 0 Å². The first-order valence-electron chi connectivity index (χ1n) is 11.8. The Balaban J connectivity index is 1.52. The Hall–Kier alpha value is -3.04. The van der Waals surface area contributed by atoms with Crippen LogP contribution in [-0.4, -0.2) is 40.2 Å². The predicted molar refractivity (Wildman–Crippen MR) is 144 cm³/mol. The molecule has 36 heavy (non-hydrogen) atoms. The molecule has 0 spiro atoms. The third kappa shape index (κ3) is 6.02. The molecule has 1 fully saturated rings. The fourth-order valence-corrected chi connectivity index (χ4v) is 6.09. The lowest BCUT2D eigenvalue weighted by molar-refractivity contribution is -0.120. The highest BCUT2D eigenvalue weighted by molar-refractivity contribution is 7.98. The van der Waals surface area contributed by atoms with E-state index in [1.54, 1.807) is 12.1 Å². The summed E-state index contributed by atoms with van der Waals surface area (Å²) in [7, 11) is -4.12. The zero-order valence-corrected chi connectivity index (χ0v) is 22.0. The zero-order chi connectivity index (χ0) is 25.7. The van der Waals surface area contributed by atoms with Crippen LogP contribution < -0.4 is 14.5 Å². The highest BCUT2D eigenvalue weighted by Gasteiger charge is 2.28. The van der Waals surface area contributed by atoms with Gasteiger partial charge in [-0.05, 0) is 86.2 Å². The van der Waals surface area contributed by atoms with Crippen molar-refractivity contribution in [3.63, 3.8) is 0 Å². The van der Waals surface area contributed by atoms with Crippen molar-refractivity contribution in [1.82, 2.24) is 5.32 Å². The quantitative estimate of drug-likeness (QED) is 0.387. The number of carbonyl (C=O) groups excluding carboxylic acids is 1. The summed E-state index contributed by atoms with van der Waals surface area (Å²) in [6.07, 6.45) is 4.29. The smallest absolute Gasteiger partial charge is 0.264 e. The molecule has 1 amide bonds. The van der Waals surface area contributed by atoms with Gasteiger partial charge in [-0.25, -0.2) is 12.8 Å². The number of sulfonamides is 1. The second-order valence-corrected chi connectivity index (χ2v) is 11.5. The van der Waals surface area contributed by atoms with Gasteiger partial charge >= 0.3 is 0 Å². The highest BCUT2D eigenvalue weighted by Crippen LogP contribution is 2.27. The van der Waals surface area contributed by atoms with Crippen LogP contribution in [0.5, 0.6) is 0 Å². The molecule has 1 atom stereocenters. The van der Waals surface area contributed by atoms with Gasteiger partial charge in [-0.15, -0.1) is 11.8 Å². The molecule has 0 radical (unpaired) electrons. The summed E-state index contributed by atoms with van der Waals surface area (Å²) in [5, 5.41) is 2.89. The lowest BCUT2D eigenvalue weighted by atomic mass is 10.1. The van der Waals surface area contributed by atoms with Crippen molar-refractivity contribution in [3.8, 4) is 0 Å². The van der Waals surface area contributed by atoms with E-state index in [2.05, 4.69) is 10.2 Å². The first-order valence-corrected chi connectivity index (χ1v) is 14.5. The van der Waals surface area contributed by atoms with Gasteiger partial charge in [0.15, 0.2) is 0 Å². The molecule has 1 aliphatic rings. The minimum atomic E-state index is -4.12. The van der Waals surface area contributed by atoms with Crippen LogP contribution >= 0.6 is 11.8 Å². The highest BCUT2D eigenvalue weighted by atomic mass is 32.2. The molecule has 0 bridgehead atoms. The SMILES string of the molecule is CSc1ccc(S(=O)(=O)N(CC(=O)NC(C)c2ccc(N3CCCC3)cc2)c2cccc(F)c2)cc1. The molecule has 190 valence electrons. The van der Waals surface area contributed by atoms with E-state index < -0.39 is 28.3 Å². The number of anilines is 2. The predicted octanol–water partition coefficient (Wildman–Crippen LogP) is 5.22. The van der Waals surface area contributed by atoms with Crippen LogP contribution in [0, 0.1) is 5.82 Å². The normalized spacial score (nSPS) is 14.5. The van der Waals surface area contributed by atoms with Gasteiger partial charge in [-0.2, -0.15) is 0 Å². The number of thioether (sulfide) groups is 1. The largest absolute Gasteiger partial charge is 0.372 e. The zero-order valence-electron chi connectivity index (χ0n) is 20.4. The molecule has 6 nitrogen and oxygen atoms in total. The van der Waals surface area contributed by atoms with E-state index in [0.717, 1.165) is 39.6 Å². The summed E-state index contributed by atoms with van der Waals surface area (Å²) in [6, 6.07) is 19.4. The van der Waals surface area contributed by atoms with Crippen molar-refractivity contribution in [3.05, 3.63) is 84.2 Å². The molecule has 1 heterocycles. The average Bonchev–Trinajstić information content (AvgIpc) is 3.42. The Morgan fingerprint density at radius 1 is 1.06 bits per heavy atom. The van der Waals surface area contributed by atoms with Crippen LogP contribution in [0.1, 0.15) is 31.4 Å². The van der Waals surface area contributed by atoms with Crippen molar-refractivity contribution < 1.29 is 17.6 Å². The summed E-state index contributed by atoms with van der Waals surface area (Å²) < 4.78 is 42.0. The second kappa shape index (κ2) is 11.3. The molecule has 4 rings (SSSR count). The van der Waals surface area contributed by atoms with Crippen LogP contribution in [0.3, 0.4) is 0 Å². The molecule has 1 unspecified atom stereocenters. The minimum Gasteiger partial charge on any atom is -0.372 e. The van der Waals surface area contributed by atoms with Crippen molar-refractivity contribution >= 4 is 39.1 Å². The monoisotopic (exact) mass is 527 g/mol. The summed E-state index contributed by atoms with van der Waals surface area (Å²) in [5.74, 6) is -1.07. The number of amides is 1. The lowest BCUT2D eigenvalue weighted by Gasteiger charge is -2.25. The van der Waals surface area contributed by atoms with Crippen molar-refractivity contribution in [2.75, 3.05) is 35.1 Å². The number of nitrogens with one attached hydrogen (secondary N) is 1. The third-order valence-electron chi connectivity index (χ3n) is 6.27.